The summed E-state index contributed by atoms with van der Waals surface area (Å²) in [5.74, 6) is 1.89. The normalized spacial score (nSPS) is 10.7. The van der Waals surface area contributed by atoms with Crippen molar-refractivity contribution in [3.63, 3.8) is 0 Å². The van der Waals surface area contributed by atoms with E-state index in [4.69, 9.17) is 10.2 Å². The second-order valence-electron chi connectivity index (χ2n) is 4.32. The van der Waals surface area contributed by atoms with E-state index < -0.39 is 0 Å². The van der Waals surface area contributed by atoms with Crippen LogP contribution < -0.4 is 11.1 Å². The van der Waals surface area contributed by atoms with Crippen molar-refractivity contribution >= 4 is 5.69 Å². The van der Waals surface area contributed by atoms with E-state index in [9.17, 15) is 0 Å². The first kappa shape index (κ1) is 11.7. The fraction of sp³-hybridized carbons (Fsp3) is 0.286. The van der Waals surface area contributed by atoms with Crippen molar-refractivity contribution in [1.82, 2.24) is 5.32 Å². The molecular formula is C14H18N2O. The van der Waals surface area contributed by atoms with Crippen LogP contribution in [-0.2, 0) is 13.1 Å². The zero-order valence-corrected chi connectivity index (χ0v) is 10.3. The molecule has 0 radical (unpaired) electrons. The van der Waals surface area contributed by atoms with Gasteiger partial charge < -0.3 is 15.5 Å². The van der Waals surface area contributed by atoms with Crippen LogP contribution in [0.5, 0.6) is 0 Å². The number of anilines is 1. The Labute approximate surface area is 102 Å². The van der Waals surface area contributed by atoms with Gasteiger partial charge >= 0.3 is 0 Å². The summed E-state index contributed by atoms with van der Waals surface area (Å²) in [6.45, 7) is 5.50. The molecule has 90 valence electrons. The van der Waals surface area contributed by atoms with Crippen molar-refractivity contribution in [2.45, 2.75) is 26.9 Å². The van der Waals surface area contributed by atoms with Gasteiger partial charge in [-0.25, -0.2) is 0 Å². The molecule has 3 nitrogen and oxygen atoms in total. The van der Waals surface area contributed by atoms with Gasteiger partial charge in [0.25, 0.3) is 0 Å². The van der Waals surface area contributed by atoms with Crippen molar-refractivity contribution in [2.24, 2.45) is 0 Å². The van der Waals surface area contributed by atoms with Crippen molar-refractivity contribution in [1.29, 1.82) is 0 Å². The molecule has 0 atom stereocenters. The fourth-order valence-corrected chi connectivity index (χ4v) is 1.79. The lowest BCUT2D eigenvalue weighted by Crippen LogP contribution is -2.13. The Morgan fingerprint density at radius 1 is 1.12 bits per heavy atom. The molecule has 17 heavy (non-hydrogen) atoms. The van der Waals surface area contributed by atoms with E-state index in [-0.39, 0.29) is 0 Å². The molecule has 1 aromatic carbocycles. The minimum Gasteiger partial charge on any atom is -0.465 e. The highest BCUT2D eigenvalue weighted by Crippen LogP contribution is 2.13. The Kier molecular flexibility index (Phi) is 3.49. The predicted molar refractivity (Wildman–Crippen MR) is 69.6 cm³/mol. The summed E-state index contributed by atoms with van der Waals surface area (Å²) in [7, 11) is 0. The van der Waals surface area contributed by atoms with Crippen LogP contribution in [0.25, 0.3) is 0 Å². The minimum absolute atomic E-state index is 0.723. The molecule has 3 heteroatoms. The number of nitrogens with one attached hydrogen (secondary N) is 1. The van der Waals surface area contributed by atoms with E-state index in [1.165, 1.54) is 5.56 Å². The number of rotatable bonds is 4. The number of nitrogen functional groups attached to an aromatic ring is 1. The number of benzene rings is 1. The molecular weight excluding hydrogens is 212 g/mol. The highest BCUT2D eigenvalue weighted by Gasteiger charge is 2.01. The number of nitrogens with two attached hydrogens (primary N) is 1. The van der Waals surface area contributed by atoms with Crippen molar-refractivity contribution in [3.8, 4) is 0 Å². The lowest BCUT2D eigenvalue weighted by Gasteiger charge is -2.07. The molecule has 1 heterocycles. The number of hydrogen-bond acceptors (Lipinski definition) is 3. The van der Waals surface area contributed by atoms with Gasteiger partial charge in [-0.2, -0.15) is 0 Å². The largest absolute Gasteiger partial charge is 0.465 e. The summed E-state index contributed by atoms with van der Waals surface area (Å²) in [4.78, 5) is 0. The van der Waals surface area contributed by atoms with E-state index in [2.05, 4.69) is 18.3 Å². The Balaban J connectivity index is 1.91. The maximum absolute atomic E-state index is 5.91. The molecule has 1 aromatic heterocycles. The Bertz CT molecular complexity index is 503. The topological polar surface area (TPSA) is 51.2 Å². The van der Waals surface area contributed by atoms with Crippen LogP contribution in [0.4, 0.5) is 5.69 Å². The van der Waals surface area contributed by atoms with Crippen LogP contribution in [0.3, 0.4) is 0 Å². The summed E-state index contributed by atoms with van der Waals surface area (Å²) >= 11 is 0. The number of hydrogen-bond donors (Lipinski definition) is 2. The van der Waals surface area contributed by atoms with Crippen molar-refractivity contribution in [2.75, 3.05) is 5.73 Å². The van der Waals surface area contributed by atoms with Gasteiger partial charge in [0.1, 0.15) is 11.5 Å². The average molecular weight is 230 g/mol. The molecule has 0 fully saturated rings. The molecule has 2 aromatic rings. The fourth-order valence-electron chi connectivity index (χ4n) is 1.79. The quantitative estimate of drug-likeness (QED) is 0.794. The smallest absolute Gasteiger partial charge is 0.117 e. The molecule has 0 spiro atoms. The minimum atomic E-state index is 0.723. The zero-order valence-electron chi connectivity index (χ0n) is 10.3. The molecule has 3 N–H and O–H groups in total. The summed E-state index contributed by atoms with van der Waals surface area (Å²) in [6.07, 6.45) is 0. The van der Waals surface area contributed by atoms with Crippen LogP contribution in [0.1, 0.15) is 22.6 Å². The van der Waals surface area contributed by atoms with Gasteiger partial charge in [-0.1, -0.05) is 17.7 Å². The standard InChI is InChI=1S/C14H18N2O/c1-10-3-6-14(15)12(7-10)8-16-9-13-5-4-11(2)17-13/h3-7,16H,8-9,15H2,1-2H3. The monoisotopic (exact) mass is 230 g/mol. The van der Waals surface area contributed by atoms with E-state index in [0.717, 1.165) is 35.9 Å². The molecule has 0 saturated carbocycles. The molecule has 0 aliphatic carbocycles. The van der Waals surface area contributed by atoms with Crippen LogP contribution in [0.2, 0.25) is 0 Å². The molecule has 0 saturated heterocycles. The summed E-state index contributed by atoms with van der Waals surface area (Å²) in [5.41, 5.74) is 9.10. The van der Waals surface area contributed by atoms with E-state index in [1.807, 2.05) is 31.2 Å². The molecule has 0 aliphatic heterocycles. The average Bonchev–Trinajstić information content (AvgIpc) is 2.69. The third kappa shape index (κ3) is 3.11. The third-order valence-corrected chi connectivity index (χ3v) is 2.71. The van der Waals surface area contributed by atoms with Crippen LogP contribution in [-0.4, -0.2) is 0 Å². The number of aryl methyl sites for hydroxylation is 2. The number of furan rings is 1. The first-order valence-electron chi connectivity index (χ1n) is 5.76. The van der Waals surface area contributed by atoms with Gasteiger partial charge in [-0.15, -0.1) is 0 Å². The van der Waals surface area contributed by atoms with E-state index in [1.54, 1.807) is 0 Å². The Morgan fingerprint density at radius 3 is 2.65 bits per heavy atom. The predicted octanol–water partition coefficient (Wildman–Crippen LogP) is 2.77. The first-order valence-corrected chi connectivity index (χ1v) is 5.76. The van der Waals surface area contributed by atoms with Crippen LogP contribution >= 0.6 is 0 Å². The van der Waals surface area contributed by atoms with Gasteiger partial charge in [0, 0.05) is 12.2 Å². The second kappa shape index (κ2) is 5.06. The highest BCUT2D eigenvalue weighted by atomic mass is 16.3. The summed E-state index contributed by atoms with van der Waals surface area (Å²) in [5, 5.41) is 3.33. The lowest BCUT2D eigenvalue weighted by molar-refractivity contribution is 0.462. The second-order valence-corrected chi connectivity index (χ2v) is 4.32. The molecule has 2 rings (SSSR count). The SMILES string of the molecule is Cc1ccc(N)c(CNCc2ccc(C)o2)c1. The third-order valence-electron chi connectivity index (χ3n) is 2.71. The lowest BCUT2D eigenvalue weighted by atomic mass is 10.1. The van der Waals surface area contributed by atoms with Gasteiger partial charge in [-0.3, -0.25) is 0 Å². The van der Waals surface area contributed by atoms with E-state index >= 15 is 0 Å². The summed E-state index contributed by atoms with van der Waals surface area (Å²) in [6, 6.07) is 10.0. The Hall–Kier alpha value is -1.74. The maximum Gasteiger partial charge on any atom is 0.117 e. The van der Waals surface area contributed by atoms with Crippen LogP contribution in [0.15, 0.2) is 34.7 Å². The van der Waals surface area contributed by atoms with Gasteiger partial charge in [0.2, 0.25) is 0 Å². The highest BCUT2D eigenvalue weighted by molar-refractivity contribution is 5.48. The van der Waals surface area contributed by atoms with Crippen molar-refractivity contribution < 1.29 is 4.42 Å². The molecule has 0 unspecified atom stereocenters. The first-order chi connectivity index (χ1) is 8.15. The Morgan fingerprint density at radius 2 is 1.94 bits per heavy atom. The van der Waals surface area contributed by atoms with Crippen molar-refractivity contribution in [3.05, 3.63) is 53.0 Å². The van der Waals surface area contributed by atoms with Gasteiger partial charge in [-0.05, 0) is 37.6 Å². The van der Waals surface area contributed by atoms with Gasteiger partial charge in [0.15, 0.2) is 0 Å². The zero-order chi connectivity index (χ0) is 12.3. The van der Waals surface area contributed by atoms with Gasteiger partial charge in [0.05, 0.1) is 6.54 Å². The van der Waals surface area contributed by atoms with Crippen LogP contribution in [0, 0.1) is 13.8 Å². The molecule has 0 bridgehead atoms. The summed E-state index contributed by atoms with van der Waals surface area (Å²) < 4.78 is 5.48. The maximum atomic E-state index is 5.91. The molecule has 0 amide bonds. The van der Waals surface area contributed by atoms with E-state index in [0.29, 0.717) is 0 Å². The molecule has 0 aliphatic rings.